The van der Waals surface area contributed by atoms with Crippen LogP contribution in [0.25, 0.3) is 22.2 Å². The van der Waals surface area contributed by atoms with E-state index in [1.807, 2.05) is 11.8 Å². The number of nitrogens with one attached hydrogen (secondary N) is 2. The van der Waals surface area contributed by atoms with Gasteiger partial charge in [0.25, 0.3) is 0 Å². The van der Waals surface area contributed by atoms with E-state index in [9.17, 15) is 18.0 Å². The molecule has 6 heterocycles. The van der Waals surface area contributed by atoms with Gasteiger partial charge in [-0.1, -0.05) is 23.8 Å². The molecule has 3 fully saturated rings. The lowest BCUT2D eigenvalue weighted by molar-refractivity contribution is -0.137. The van der Waals surface area contributed by atoms with Gasteiger partial charge in [-0.3, -0.25) is 4.90 Å². The van der Waals surface area contributed by atoms with Gasteiger partial charge >= 0.3 is 18.2 Å². The number of piperazine rings is 1. The number of benzene rings is 1. The molecule has 0 radical (unpaired) electrons. The number of allylic oxidation sites excluding steroid dienone is 1. The van der Waals surface area contributed by atoms with Gasteiger partial charge in [0.15, 0.2) is 5.82 Å². The largest absolute Gasteiger partial charge is 0.461 e. The quantitative estimate of drug-likeness (QED) is 0.234. The Labute approximate surface area is 290 Å². The van der Waals surface area contributed by atoms with Crippen LogP contribution in [-0.2, 0) is 6.18 Å². The van der Waals surface area contributed by atoms with Gasteiger partial charge in [-0.15, -0.1) is 5.53 Å². The molecule has 12 nitrogen and oxygen atoms in total. The van der Waals surface area contributed by atoms with Crippen LogP contribution in [0.4, 0.5) is 34.0 Å². The molecule has 3 aromatic rings. The Morgan fingerprint density at radius 3 is 2.68 bits per heavy atom. The Kier molecular flexibility index (Phi) is 8.46. The van der Waals surface area contributed by atoms with Crippen LogP contribution in [0.1, 0.15) is 44.2 Å². The normalized spacial score (nSPS) is 22.7. The Balaban J connectivity index is 1.32. The number of carbonyl (C=O) groups excluding carboxylic acids is 1. The van der Waals surface area contributed by atoms with Crippen molar-refractivity contribution in [3.63, 3.8) is 0 Å². The molecule has 2 atom stereocenters. The van der Waals surface area contributed by atoms with Crippen molar-refractivity contribution in [1.29, 1.82) is 0 Å². The summed E-state index contributed by atoms with van der Waals surface area (Å²) in [5.41, 5.74) is 9.98. The highest BCUT2D eigenvalue weighted by Gasteiger charge is 2.47. The van der Waals surface area contributed by atoms with Crippen molar-refractivity contribution in [2.75, 3.05) is 50.0 Å². The molecular formula is C33H37ClF4N10O2. The van der Waals surface area contributed by atoms with Crippen molar-refractivity contribution < 1.29 is 27.1 Å². The van der Waals surface area contributed by atoms with Crippen LogP contribution in [0.15, 0.2) is 36.2 Å². The molecular weight excluding hydrogens is 680 g/mol. The molecule has 0 aliphatic carbocycles. The molecule has 2 aromatic heterocycles. The van der Waals surface area contributed by atoms with E-state index in [1.54, 1.807) is 18.0 Å². The average Bonchev–Trinajstić information content (AvgIpc) is 3.72. The fourth-order valence-corrected chi connectivity index (χ4v) is 7.96. The van der Waals surface area contributed by atoms with Crippen LogP contribution in [0.5, 0.6) is 6.01 Å². The summed E-state index contributed by atoms with van der Waals surface area (Å²) in [6, 6.07) is 1.72. The molecule has 1 aromatic carbocycles. The fourth-order valence-electron chi connectivity index (χ4n) is 7.68. The number of alkyl halides is 3. The van der Waals surface area contributed by atoms with E-state index in [4.69, 9.17) is 27.1 Å². The van der Waals surface area contributed by atoms with Gasteiger partial charge < -0.3 is 25.7 Å². The molecule has 17 heteroatoms. The van der Waals surface area contributed by atoms with E-state index in [1.165, 1.54) is 18.0 Å². The molecule has 1 unspecified atom stereocenters. The lowest BCUT2D eigenvalue weighted by Crippen LogP contribution is -2.58. The minimum atomic E-state index is -4.88. The number of rotatable bonds is 5. The first-order valence-corrected chi connectivity index (χ1v) is 16.7. The number of hydrogen-bond donors (Lipinski definition) is 3. The molecule has 4 N–H and O–H groups in total. The molecule has 3 saturated heterocycles. The van der Waals surface area contributed by atoms with Gasteiger partial charge in [0.05, 0.1) is 33.1 Å². The van der Waals surface area contributed by atoms with Crippen molar-refractivity contribution in [2.45, 2.75) is 57.8 Å². The lowest BCUT2D eigenvalue weighted by Gasteiger charge is -2.41. The maximum atomic E-state index is 16.9. The Bertz CT molecular complexity index is 1940. The standard InChI is InChI=1S/C33H37ClF4N10O2/c1-17-12-32(6-5-7-46(32)14-17)16-50-30-42-27-21(11-22(34)24(26(27)35)28-25(33(36,37)38)18(2)10-23(39)41-28)29(43-30)47-9-8-45(15-20(47)4)31(49)48-19(3)13-40-44-48/h10-11,13,20,40,44H,1,5-9,12,14-16H2,2-4H3,(H2,39,41)/t20-,32?/m0/s1. The van der Waals surface area contributed by atoms with Crippen molar-refractivity contribution in [2.24, 2.45) is 0 Å². The molecule has 266 valence electrons. The van der Waals surface area contributed by atoms with Gasteiger partial charge in [0.1, 0.15) is 23.8 Å². The summed E-state index contributed by atoms with van der Waals surface area (Å²) in [5, 5.41) is 1.25. The van der Waals surface area contributed by atoms with E-state index >= 15 is 4.39 Å². The second-order valence-electron chi connectivity index (χ2n) is 13.5. The summed E-state index contributed by atoms with van der Waals surface area (Å²) in [7, 11) is 0. The highest BCUT2D eigenvalue weighted by Crippen LogP contribution is 2.45. The zero-order valence-corrected chi connectivity index (χ0v) is 28.6. The minimum absolute atomic E-state index is 0.134. The highest BCUT2D eigenvalue weighted by atomic mass is 35.5. The number of carbonyl (C=O) groups is 1. The first-order chi connectivity index (χ1) is 23.7. The van der Waals surface area contributed by atoms with Gasteiger partial charge in [-0.25, -0.2) is 19.2 Å². The first kappa shape index (κ1) is 34.1. The number of nitrogens with two attached hydrogens (primary N) is 1. The molecule has 2 amide bonds. The first-order valence-electron chi connectivity index (χ1n) is 16.3. The number of hydrogen-bond acceptors (Lipinski definition) is 10. The van der Waals surface area contributed by atoms with Gasteiger partial charge in [-0.05, 0) is 64.3 Å². The summed E-state index contributed by atoms with van der Waals surface area (Å²) >= 11 is 6.65. The number of aromatic nitrogens is 3. The predicted octanol–water partition coefficient (Wildman–Crippen LogP) is 5.38. The zero-order valence-electron chi connectivity index (χ0n) is 27.8. The number of halogens is 5. The fraction of sp³-hybridized carbons (Fsp3) is 0.455. The SMILES string of the molecule is C=C1CN2CCCC2(COc2nc(N3CCN(C(=O)N4NNC=C4C)C[C@@H]3C)c3cc(Cl)c(-c4nc(N)cc(C)c4C(F)(F)F)c(F)c3n2)C1. The molecule has 50 heavy (non-hydrogen) atoms. The molecule has 0 saturated carbocycles. The van der Waals surface area contributed by atoms with Crippen LogP contribution < -0.4 is 26.3 Å². The second-order valence-corrected chi connectivity index (χ2v) is 13.9. The lowest BCUT2D eigenvalue weighted by atomic mass is 9.94. The van der Waals surface area contributed by atoms with Crippen LogP contribution >= 0.6 is 11.6 Å². The number of anilines is 2. The zero-order chi connectivity index (χ0) is 35.7. The van der Waals surface area contributed by atoms with Crippen LogP contribution in [-0.4, -0.2) is 86.7 Å². The number of hydrazine groups is 2. The molecule has 4 aliphatic rings. The summed E-state index contributed by atoms with van der Waals surface area (Å²) in [6.45, 7) is 11.9. The summed E-state index contributed by atoms with van der Waals surface area (Å²) in [6.07, 6.45) is -0.600. The smallest absolute Gasteiger partial charge is 0.418 e. The summed E-state index contributed by atoms with van der Waals surface area (Å²) in [4.78, 5) is 32.3. The second kappa shape index (κ2) is 12.4. The molecule has 7 rings (SSSR count). The number of fused-ring (bicyclic) bond motifs is 2. The summed E-state index contributed by atoms with van der Waals surface area (Å²) < 4.78 is 66.2. The summed E-state index contributed by atoms with van der Waals surface area (Å²) in [5.74, 6) is -1.06. The van der Waals surface area contributed by atoms with Crippen LogP contribution in [0, 0.1) is 12.7 Å². The average molecular weight is 717 g/mol. The van der Waals surface area contributed by atoms with E-state index in [0.717, 1.165) is 44.0 Å². The van der Waals surface area contributed by atoms with Crippen LogP contribution in [0.2, 0.25) is 5.02 Å². The van der Waals surface area contributed by atoms with Gasteiger partial charge in [0.2, 0.25) is 0 Å². The third kappa shape index (κ3) is 5.82. The molecule has 4 aliphatic heterocycles. The van der Waals surface area contributed by atoms with E-state index in [0.29, 0.717) is 25.3 Å². The molecule has 0 bridgehead atoms. The topological polar surface area (TPSA) is 128 Å². The predicted molar refractivity (Wildman–Crippen MR) is 180 cm³/mol. The van der Waals surface area contributed by atoms with E-state index in [-0.39, 0.29) is 63.4 Å². The third-order valence-electron chi connectivity index (χ3n) is 9.97. The minimum Gasteiger partial charge on any atom is -0.461 e. The highest BCUT2D eigenvalue weighted by molar-refractivity contribution is 6.34. The number of aryl methyl sites for hydroxylation is 1. The van der Waals surface area contributed by atoms with Crippen LogP contribution in [0.3, 0.4) is 0 Å². The maximum Gasteiger partial charge on any atom is 0.418 e. The number of urea groups is 1. The Morgan fingerprint density at radius 1 is 1.20 bits per heavy atom. The van der Waals surface area contributed by atoms with Crippen molar-refractivity contribution in [3.05, 3.63) is 58.1 Å². The van der Waals surface area contributed by atoms with Crippen molar-refractivity contribution in [1.82, 2.24) is 40.7 Å². The maximum absolute atomic E-state index is 16.9. The number of amides is 2. The van der Waals surface area contributed by atoms with Gasteiger partial charge in [0, 0.05) is 43.8 Å². The Hall–Kier alpha value is -4.41. The Morgan fingerprint density at radius 2 is 1.98 bits per heavy atom. The third-order valence-corrected chi connectivity index (χ3v) is 10.3. The molecule has 0 spiro atoms. The van der Waals surface area contributed by atoms with Crippen molar-refractivity contribution in [3.8, 4) is 17.3 Å². The van der Waals surface area contributed by atoms with Gasteiger partial charge in [-0.2, -0.15) is 23.1 Å². The van der Waals surface area contributed by atoms with E-state index < -0.39 is 28.8 Å². The number of nitrogens with zero attached hydrogens (tertiary/aromatic N) is 7. The van der Waals surface area contributed by atoms with E-state index in [2.05, 4.69) is 32.4 Å². The monoisotopic (exact) mass is 716 g/mol. The number of ether oxygens (including phenoxy) is 1. The van der Waals surface area contributed by atoms with Crippen molar-refractivity contribution >= 4 is 40.2 Å². The number of pyridine rings is 1. The number of nitrogen functional groups attached to an aromatic ring is 1.